The summed E-state index contributed by atoms with van der Waals surface area (Å²) in [5.41, 5.74) is 5.65. The van der Waals surface area contributed by atoms with E-state index in [9.17, 15) is 9.59 Å². The molecule has 0 fully saturated rings. The summed E-state index contributed by atoms with van der Waals surface area (Å²) in [6.07, 6.45) is 1.25. The fourth-order valence-electron chi connectivity index (χ4n) is 1.63. The summed E-state index contributed by atoms with van der Waals surface area (Å²) < 4.78 is 5.31. The van der Waals surface area contributed by atoms with Crippen LogP contribution in [0.1, 0.15) is 15.9 Å². The van der Waals surface area contributed by atoms with Crippen molar-refractivity contribution in [3.05, 3.63) is 57.8 Å². The van der Waals surface area contributed by atoms with Crippen LogP contribution >= 0.6 is 23.2 Å². The Hall–Kier alpha value is -2.31. The van der Waals surface area contributed by atoms with Crippen LogP contribution < -0.4 is 15.6 Å². The minimum Gasteiger partial charge on any atom is -0.484 e. The smallest absolute Gasteiger partial charge is 0.276 e. The first-order valence-corrected chi connectivity index (χ1v) is 7.31. The molecule has 120 valence electrons. The summed E-state index contributed by atoms with van der Waals surface area (Å²) in [5, 5.41) is 0.243. The molecule has 0 atom stereocenters. The Morgan fingerprint density at radius 3 is 2.70 bits per heavy atom. The number of carbonyl (C=O) groups is 2. The van der Waals surface area contributed by atoms with Crippen LogP contribution in [-0.4, -0.2) is 23.4 Å². The van der Waals surface area contributed by atoms with Gasteiger partial charge in [-0.2, -0.15) is 0 Å². The average molecular weight is 354 g/mol. The monoisotopic (exact) mass is 353 g/mol. The number of aromatic nitrogens is 1. The largest absolute Gasteiger partial charge is 0.484 e. The molecule has 2 rings (SSSR count). The molecule has 1 heterocycles. The molecule has 23 heavy (non-hydrogen) atoms. The number of hydrogen-bond acceptors (Lipinski definition) is 4. The number of pyridine rings is 1. The number of ether oxygens (including phenoxy) is 1. The van der Waals surface area contributed by atoms with Gasteiger partial charge in [0.1, 0.15) is 10.9 Å². The second-order valence-electron chi connectivity index (χ2n) is 4.60. The lowest BCUT2D eigenvalue weighted by Gasteiger charge is -2.09. The van der Waals surface area contributed by atoms with E-state index in [0.717, 1.165) is 5.56 Å². The quantitative estimate of drug-likeness (QED) is 0.653. The molecular weight excluding hydrogens is 341 g/mol. The van der Waals surface area contributed by atoms with E-state index in [1.54, 1.807) is 12.1 Å². The molecule has 1 aromatic carbocycles. The predicted molar refractivity (Wildman–Crippen MR) is 86.5 cm³/mol. The summed E-state index contributed by atoms with van der Waals surface area (Å²) in [6.45, 7) is 1.68. The van der Waals surface area contributed by atoms with E-state index >= 15 is 0 Å². The Labute approximate surface area is 142 Å². The fourth-order valence-corrected chi connectivity index (χ4v) is 1.90. The van der Waals surface area contributed by atoms with Crippen molar-refractivity contribution in [2.45, 2.75) is 6.92 Å². The van der Waals surface area contributed by atoms with Crippen LogP contribution in [0, 0.1) is 6.92 Å². The van der Waals surface area contributed by atoms with Crippen molar-refractivity contribution in [3.63, 3.8) is 0 Å². The molecule has 2 aromatic rings. The predicted octanol–water partition coefficient (Wildman–Crippen LogP) is 2.54. The molecule has 0 bridgehead atoms. The highest BCUT2D eigenvalue weighted by molar-refractivity contribution is 6.41. The van der Waals surface area contributed by atoms with Gasteiger partial charge in [0.05, 0.1) is 10.6 Å². The zero-order valence-electron chi connectivity index (χ0n) is 12.1. The first-order valence-electron chi connectivity index (χ1n) is 6.55. The van der Waals surface area contributed by atoms with Crippen molar-refractivity contribution in [1.29, 1.82) is 0 Å². The van der Waals surface area contributed by atoms with Crippen LogP contribution in [-0.2, 0) is 4.79 Å². The summed E-state index contributed by atoms with van der Waals surface area (Å²) in [7, 11) is 0. The summed E-state index contributed by atoms with van der Waals surface area (Å²) in [5.74, 6) is -0.506. The number of benzene rings is 1. The van der Waals surface area contributed by atoms with Crippen molar-refractivity contribution >= 4 is 35.0 Å². The molecule has 1 aromatic heterocycles. The summed E-state index contributed by atoms with van der Waals surface area (Å²) in [4.78, 5) is 27.2. The van der Waals surface area contributed by atoms with Crippen LogP contribution in [0.4, 0.5) is 0 Å². The van der Waals surface area contributed by atoms with Gasteiger partial charge in [0.15, 0.2) is 6.61 Å². The van der Waals surface area contributed by atoms with Gasteiger partial charge in [0, 0.05) is 6.20 Å². The number of aryl methyl sites for hydroxylation is 1. The molecule has 0 unspecified atom stereocenters. The average Bonchev–Trinajstić information content (AvgIpc) is 2.53. The maximum absolute atomic E-state index is 11.8. The molecule has 0 saturated carbocycles. The lowest BCUT2D eigenvalue weighted by Crippen LogP contribution is -2.43. The highest BCUT2D eigenvalue weighted by Crippen LogP contribution is 2.19. The molecule has 2 amide bonds. The van der Waals surface area contributed by atoms with Crippen LogP contribution in [0.25, 0.3) is 0 Å². The molecule has 0 spiro atoms. The number of carbonyl (C=O) groups excluding carboxylic acids is 2. The third-order valence-corrected chi connectivity index (χ3v) is 3.42. The third kappa shape index (κ3) is 5.12. The highest BCUT2D eigenvalue weighted by atomic mass is 35.5. The maximum Gasteiger partial charge on any atom is 0.276 e. The van der Waals surface area contributed by atoms with Gasteiger partial charge in [-0.25, -0.2) is 4.98 Å². The van der Waals surface area contributed by atoms with Gasteiger partial charge in [0.2, 0.25) is 0 Å². The van der Waals surface area contributed by atoms with Crippen molar-refractivity contribution in [2.24, 2.45) is 0 Å². The molecule has 2 N–H and O–H groups in total. The first-order chi connectivity index (χ1) is 11.0. The third-order valence-electron chi connectivity index (χ3n) is 2.73. The fraction of sp³-hybridized carbons (Fsp3) is 0.133. The summed E-state index contributed by atoms with van der Waals surface area (Å²) >= 11 is 11.4. The normalized spacial score (nSPS) is 10.0. The Balaban J connectivity index is 1.81. The highest BCUT2D eigenvalue weighted by Gasteiger charge is 2.10. The molecule has 8 heteroatoms. The lowest BCUT2D eigenvalue weighted by atomic mass is 10.2. The standard InChI is InChI=1S/C15H13Cl2N3O3/c1-9-3-2-4-11(5-9)23-8-13(21)19-20-15(22)10-6-12(16)14(17)18-7-10/h2-7H,8H2,1H3,(H,19,21)(H,20,22). The molecule has 0 aliphatic rings. The number of halogens is 2. The zero-order chi connectivity index (χ0) is 16.8. The zero-order valence-corrected chi connectivity index (χ0v) is 13.6. The second-order valence-corrected chi connectivity index (χ2v) is 5.37. The van der Waals surface area contributed by atoms with E-state index in [1.807, 2.05) is 19.1 Å². The Kier molecular flexibility index (Phi) is 5.78. The Morgan fingerprint density at radius 1 is 1.22 bits per heavy atom. The van der Waals surface area contributed by atoms with Gasteiger partial charge in [-0.1, -0.05) is 35.3 Å². The number of hydrogen-bond donors (Lipinski definition) is 2. The van der Waals surface area contributed by atoms with Crippen molar-refractivity contribution in [1.82, 2.24) is 15.8 Å². The molecular formula is C15H13Cl2N3O3. The Bertz CT molecular complexity index is 738. The van der Waals surface area contributed by atoms with Gasteiger partial charge in [-0.15, -0.1) is 0 Å². The number of nitrogens with zero attached hydrogens (tertiary/aromatic N) is 1. The van der Waals surface area contributed by atoms with Gasteiger partial charge >= 0.3 is 0 Å². The molecule has 0 saturated heterocycles. The lowest BCUT2D eigenvalue weighted by molar-refractivity contribution is -0.123. The van der Waals surface area contributed by atoms with Gasteiger partial charge in [-0.3, -0.25) is 20.4 Å². The van der Waals surface area contributed by atoms with Crippen LogP contribution in [0.15, 0.2) is 36.5 Å². The number of nitrogens with one attached hydrogen (secondary N) is 2. The SMILES string of the molecule is Cc1cccc(OCC(=O)NNC(=O)c2cnc(Cl)c(Cl)c2)c1. The van der Waals surface area contributed by atoms with Gasteiger partial charge in [-0.05, 0) is 30.7 Å². The second kappa shape index (κ2) is 7.80. The minimum absolute atomic E-state index is 0.0961. The van der Waals surface area contributed by atoms with Crippen molar-refractivity contribution in [3.8, 4) is 5.75 Å². The van der Waals surface area contributed by atoms with E-state index < -0.39 is 11.8 Å². The first kappa shape index (κ1) is 17.1. The van der Waals surface area contributed by atoms with Crippen LogP contribution in [0.5, 0.6) is 5.75 Å². The number of amides is 2. The maximum atomic E-state index is 11.8. The molecule has 0 radical (unpaired) electrons. The van der Waals surface area contributed by atoms with Crippen LogP contribution in [0.3, 0.4) is 0 Å². The van der Waals surface area contributed by atoms with E-state index in [0.29, 0.717) is 5.75 Å². The van der Waals surface area contributed by atoms with Gasteiger partial charge in [0.25, 0.3) is 11.8 Å². The van der Waals surface area contributed by atoms with E-state index in [1.165, 1.54) is 12.3 Å². The molecule has 6 nitrogen and oxygen atoms in total. The molecule has 0 aliphatic heterocycles. The van der Waals surface area contributed by atoms with E-state index in [4.69, 9.17) is 27.9 Å². The molecule has 0 aliphatic carbocycles. The van der Waals surface area contributed by atoms with Crippen molar-refractivity contribution in [2.75, 3.05) is 6.61 Å². The van der Waals surface area contributed by atoms with Crippen molar-refractivity contribution < 1.29 is 14.3 Å². The van der Waals surface area contributed by atoms with Crippen LogP contribution in [0.2, 0.25) is 10.2 Å². The van der Waals surface area contributed by atoms with E-state index in [2.05, 4.69) is 15.8 Å². The van der Waals surface area contributed by atoms with Gasteiger partial charge < -0.3 is 4.74 Å². The summed E-state index contributed by atoms with van der Waals surface area (Å²) in [6, 6.07) is 8.62. The minimum atomic E-state index is -0.569. The number of hydrazine groups is 1. The number of rotatable bonds is 4. The Morgan fingerprint density at radius 2 is 2.00 bits per heavy atom. The topological polar surface area (TPSA) is 80.3 Å². The van der Waals surface area contributed by atoms with E-state index in [-0.39, 0.29) is 22.3 Å².